The number of rotatable bonds is 5. The van der Waals surface area contributed by atoms with Gasteiger partial charge >= 0.3 is 0 Å². The number of nitriles is 1. The molecule has 0 saturated carbocycles. The highest BCUT2D eigenvalue weighted by Gasteiger charge is 2.15. The van der Waals surface area contributed by atoms with Crippen molar-refractivity contribution in [1.29, 1.82) is 5.26 Å². The minimum atomic E-state index is 0.508. The molecular weight excluding hydrogens is 416 g/mol. The van der Waals surface area contributed by atoms with Crippen molar-refractivity contribution in [2.45, 2.75) is 0 Å². The lowest BCUT2D eigenvalue weighted by Crippen LogP contribution is -1.94. The van der Waals surface area contributed by atoms with Gasteiger partial charge in [0.25, 0.3) is 0 Å². The van der Waals surface area contributed by atoms with Crippen LogP contribution in [0.15, 0.2) is 85.1 Å². The summed E-state index contributed by atoms with van der Waals surface area (Å²) in [4.78, 5) is 4.65. The molecule has 0 saturated heterocycles. The first kappa shape index (κ1) is 19.7. The van der Waals surface area contributed by atoms with E-state index in [0.717, 1.165) is 38.5 Å². The zero-order valence-electron chi connectivity index (χ0n) is 17.3. The number of hydrogen-bond donors (Lipinski definition) is 0. The molecule has 32 heavy (non-hydrogen) atoms. The van der Waals surface area contributed by atoms with E-state index in [1.54, 1.807) is 7.11 Å². The van der Waals surface area contributed by atoms with Gasteiger partial charge in [-0.3, -0.25) is 0 Å². The average molecular weight is 435 g/mol. The maximum atomic E-state index is 9.92. The number of hydrogen-bond acceptors (Lipinski definition) is 5. The summed E-state index contributed by atoms with van der Waals surface area (Å²) < 4.78 is 8.18. The van der Waals surface area contributed by atoms with Crippen molar-refractivity contribution in [2.24, 2.45) is 0 Å². The van der Waals surface area contributed by atoms with Crippen molar-refractivity contribution in [3.05, 3.63) is 95.6 Å². The fraction of sp³-hybridized carbons (Fsp3) is 0.0385. The van der Waals surface area contributed by atoms with Gasteiger partial charge in [0.15, 0.2) is 0 Å². The molecule has 5 aromatic rings. The number of methoxy groups -OCH3 is 1. The van der Waals surface area contributed by atoms with E-state index in [1.165, 1.54) is 11.3 Å². The van der Waals surface area contributed by atoms with E-state index in [-0.39, 0.29) is 0 Å². The fourth-order valence-corrected chi connectivity index (χ4v) is 4.40. The molecule has 154 valence electrons. The molecule has 0 aliphatic rings. The predicted molar refractivity (Wildman–Crippen MR) is 129 cm³/mol. The molecule has 0 N–H and O–H groups in total. The fourth-order valence-electron chi connectivity index (χ4n) is 3.46. The lowest BCUT2D eigenvalue weighted by atomic mass is 10.1. The monoisotopic (exact) mass is 434 g/mol. The van der Waals surface area contributed by atoms with Gasteiger partial charge in [-0.1, -0.05) is 30.3 Å². The maximum absolute atomic E-state index is 9.92. The molecule has 6 heteroatoms. The summed E-state index contributed by atoms with van der Waals surface area (Å²) in [6.07, 6.45) is 3.81. The summed E-state index contributed by atoms with van der Waals surface area (Å²) in [6.45, 7) is 0. The van der Waals surface area contributed by atoms with Crippen LogP contribution in [0.1, 0.15) is 10.6 Å². The summed E-state index contributed by atoms with van der Waals surface area (Å²) in [6, 6.07) is 27.9. The van der Waals surface area contributed by atoms with Crippen molar-refractivity contribution >= 4 is 33.2 Å². The number of ether oxygens (including phenoxy) is 1. The van der Waals surface area contributed by atoms with Crippen molar-refractivity contribution in [3.8, 4) is 28.8 Å². The first-order chi connectivity index (χ1) is 15.7. The Kier molecular flexibility index (Phi) is 5.24. The zero-order chi connectivity index (χ0) is 21.9. The smallest absolute Gasteiger partial charge is 0.135 e. The molecule has 3 aromatic carbocycles. The van der Waals surface area contributed by atoms with Crippen molar-refractivity contribution in [1.82, 2.24) is 14.8 Å². The number of aromatic nitrogens is 3. The molecule has 5 nitrogen and oxygen atoms in total. The standard InChI is InChI=1S/C26H18N4OS/c1-31-22-13-11-18(12-14-22)25-20(17-30(29-25)21-7-3-2-4-8-21)15-19(16-27)26-28-23-9-5-6-10-24(23)32-26/h2-15,17H,1H3/b19-15-. The number of fused-ring (bicyclic) bond motifs is 1. The second kappa shape index (κ2) is 8.50. The first-order valence-corrected chi connectivity index (χ1v) is 10.8. The van der Waals surface area contributed by atoms with Crippen molar-refractivity contribution in [2.75, 3.05) is 7.11 Å². The van der Waals surface area contributed by atoms with E-state index in [2.05, 4.69) is 11.1 Å². The van der Waals surface area contributed by atoms with Crippen LogP contribution in [-0.2, 0) is 0 Å². The molecule has 0 unspecified atom stereocenters. The number of thiazole rings is 1. The summed E-state index contributed by atoms with van der Waals surface area (Å²) in [7, 11) is 1.64. The molecule has 2 aromatic heterocycles. The predicted octanol–water partition coefficient (Wildman–Crippen LogP) is 6.22. The van der Waals surface area contributed by atoms with Gasteiger partial charge < -0.3 is 4.74 Å². The number of nitrogens with zero attached hydrogens (tertiary/aromatic N) is 4. The third-order valence-electron chi connectivity index (χ3n) is 5.07. The van der Waals surface area contributed by atoms with Gasteiger partial charge in [-0.2, -0.15) is 10.4 Å². The Balaban J connectivity index is 1.65. The maximum Gasteiger partial charge on any atom is 0.135 e. The Bertz CT molecular complexity index is 1420. The zero-order valence-corrected chi connectivity index (χ0v) is 18.1. The van der Waals surface area contributed by atoms with Crippen LogP contribution in [0.5, 0.6) is 5.75 Å². The molecule has 2 heterocycles. The van der Waals surface area contributed by atoms with E-state index in [9.17, 15) is 5.26 Å². The lowest BCUT2D eigenvalue weighted by molar-refractivity contribution is 0.415. The van der Waals surface area contributed by atoms with E-state index >= 15 is 0 Å². The Morgan fingerprint density at radius 3 is 2.47 bits per heavy atom. The van der Waals surface area contributed by atoms with Crippen LogP contribution in [-0.4, -0.2) is 21.9 Å². The van der Waals surface area contributed by atoms with Crippen LogP contribution < -0.4 is 4.74 Å². The van der Waals surface area contributed by atoms with E-state index in [4.69, 9.17) is 9.84 Å². The lowest BCUT2D eigenvalue weighted by Gasteiger charge is -2.03. The first-order valence-electron chi connectivity index (χ1n) is 10.0. The molecule has 0 amide bonds. The van der Waals surface area contributed by atoms with Crippen LogP contribution >= 0.6 is 11.3 Å². The summed E-state index contributed by atoms with van der Waals surface area (Å²) in [5.41, 5.74) is 4.91. The molecule has 0 atom stereocenters. The average Bonchev–Trinajstić information content (AvgIpc) is 3.47. The number of benzene rings is 3. The van der Waals surface area contributed by atoms with Gasteiger partial charge in [0.05, 0.1) is 34.3 Å². The van der Waals surface area contributed by atoms with Crippen LogP contribution in [0.2, 0.25) is 0 Å². The van der Waals surface area contributed by atoms with Crippen molar-refractivity contribution < 1.29 is 4.74 Å². The third kappa shape index (κ3) is 3.78. The molecule has 0 spiro atoms. The Labute approximate surface area is 189 Å². The minimum absolute atomic E-state index is 0.508. The van der Waals surface area contributed by atoms with Crippen LogP contribution in [0.4, 0.5) is 0 Å². The van der Waals surface area contributed by atoms with Gasteiger partial charge in [-0.25, -0.2) is 9.67 Å². The van der Waals surface area contributed by atoms with E-state index in [0.29, 0.717) is 10.6 Å². The molecule has 5 rings (SSSR count). The Morgan fingerprint density at radius 1 is 1.00 bits per heavy atom. The number of allylic oxidation sites excluding steroid dienone is 1. The normalized spacial score (nSPS) is 11.4. The number of para-hydroxylation sites is 2. The molecule has 0 aliphatic carbocycles. The summed E-state index contributed by atoms with van der Waals surface area (Å²) in [5.74, 6) is 0.778. The highest BCUT2D eigenvalue weighted by atomic mass is 32.1. The van der Waals surface area contributed by atoms with Gasteiger partial charge in [0, 0.05) is 17.3 Å². The van der Waals surface area contributed by atoms with Crippen LogP contribution in [0.3, 0.4) is 0 Å². The van der Waals surface area contributed by atoms with Gasteiger partial charge in [-0.15, -0.1) is 11.3 Å². The molecule has 0 radical (unpaired) electrons. The van der Waals surface area contributed by atoms with Gasteiger partial charge in [-0.05, 0) is 54.6 Å². The minimum Gasteiger partial charge on any atom is -0.497 e. The second-order valence-corrected chi connectivity index (χ2v) is 8.13. The third-order valence-corrected chi connectivity index (χ3v) is 6.14. The Morgan fingerprint density at radius 2 is 1.75 bits per heavy atom. The summed E-state index contributed by atoms with van der Waals surface area (Å²) >= 11 is 1.51. The molecular formula is C26H18N4OS. The van der Waals surface area contributed by atoms with Gasteiger partial charge in [0.1, 0.15) is 16.8 Å². The quantitative estimate of drug-likeness (QED) is 0.308. The SMILES string of the molecule is COc1ccc(-c2nn(-c3ccccc3)cc2/C=C(/C#N)c2nc3ccccc3s2)cc1. The molecule has 0 bridgehead atoms. The topological polar surface area (TPSA) is 63.7 Å². The van der Waals surface area contributed by atoms with Crippen molar-refractivity contribution in [3.63, 3.8) is 0 Å². The van der Waals surface area contributed by atoms with Crippen LogP contribution in [0, 0.1) is 11.3 Å². The van der Waals surface area contributed by atoms with Crippen LogP contribution in [0.25, 0.3) is 38.8 Å². The highest BCUT2D eigenvalue weighted by Crippen LogP contribution is 2.31. The second-order valence-electron chi connectivity index (χ2n) is 7.10. The van der Waals surface area contributed by atoms with E-state index in [1.807, 2.05) is 95.8 Å². The Hall–Kier alpha value is -4.21. The highest BCUT2D eigenvalue weighted by molar-refractivity contribution is 7.19. The summed E-state index contributed by atoms with van der Waals surface area (Å²) in [5, 5.41) is 15.5. The van der Waals surface area contributed by atoms with E-state index < -0.39 is 0 Å². The largest absolute Gasteiger partial charge is 0.497 e. The van der Waals surface area contributed by atoms with Gasteiger partial charge in [0.2, 0.25) is 0 Å². The molecule has 0 aliphatic heterocycles. The molecule has 0 fully saturated rings.